The maximum atomic E-state index is 12.8. The highest BCUT2D eigenvalue weighted by molar-refractivity contribution is 5.94. The van der Waals surface area contributed by atoms with E-state index in [1.807, 2.05) is 73.3 Å². The second-order valence-electron chi connectivity index (χ2n) is 5.95. The lowest BCUT2D eigenvalue weighted by Gasteiger charge is -2.20. The maximum Gasteiger partial charge on any atom is 0.252 e. The molecule has 5 heteroatoms. The van der Waals surface area contributed by atoms with Crippen molar-refractivity contribution < 1.29 is 9.53 Å². The van der Waals surface area contributed by atoms with Crippen molar-refractivity contribution in [3.05, 3.63) is 83.4 Å². The molecule has 0 radical (unpaired) electrons. The number of benzene rings is 2. The molecule has 25 heavy (non-hydrogen) atoms. The number of hydrogen-bond acceptors (Lipinski definition) is 3. The summed E-state index contributed by atoms with van der Waals surface area (Å²) in [5.41, 5.74) is 2.58. The number of nitrogens with zero attached hydrogens (tertiary/aromatic N) is 2. The third kappa shape index (κ3) is 3.71. The molecular weight excluding hydrogens is 314 g/mol. The predicted molar refractivity (Wildman–Crippen MR) is 96.7 cm³/mol. The molecule has 128 valence electrons. The lowest BCUT2D eigenvalue weighted by Crippen LogP contribution is -2.31. The summed E-state index contributed by atoms with van der Waals surface area (Å²) in [6.07, 6.45) is 3.59. The van der Waals surface area contributed by atoms with Crippen LogP contribution in [0.4, 0.5) is 0 Å². The van der Waals surface area contributed by atoms with Crippen molar-refractivity contribution in [2.24, 2.45) is 7.05 Å². The van der Waals surface area contributed by atoms with E-state index in [-0.39, 0.29) is 11.9 Å². The van der Waals surface area contributed by atoms with E-state index in [9.17, 15) is 4.79 Å². The molecule has 2 aromatic carbocycles. The fourth-order valence-electron chi connectivity index (χ4n) is 2.77. The van der Waals surface area contributed by atoms with Gasteiger partial charge in [0.2, 0.25) is 0 Å². The largest absolute Gasteiger partial charge is 0.497 e. The lowest BCUT2D eigenvalue weighted by molar-refractivity contribution is 0.0941. The summed E-state index contributed by atoms with van der Waals surface area (Å²) in [5, 5.41) is 3.09. The molecule has 0 spiro atoms. The first-order valence-corrected chi connectivity index (χ1v) is 8.07. The van der Waals surface area contributed by atoms with E-state index in [0.717, 1.165) is 22.7 Å². The highest BCUT2D eigenvalue weighted by Crippen LogP contribution is 2.24. The summed E-state index contributed by atoms with van der Waals surface area (Å²) in [6.45, 7) is 1.97. The number of hydrogen-bond donors (Lipinski definition) is 1. The fraction of sp³-hybridized carbons (Fsp3) is 0.200. The number of nitrogens with one attached hydrogen (secondary N) is 1. The Morgan fingerprint density at radius 1 is 1.20 bits per heavy atom. The number of aryl methyl sites for hydroxylation is 2. The summed E-state index contributed by atoms with van der Waals surface area (Å²) in [4.78, 5) is 17.2. The van der Waals surface area contributed by atoms with Crippen LogP contribution in [-0.4, -0.2) is 22.6 Å². The molecule has 0 aliphatic rings. The predicted octanol–water partition coefficient (Wildman–Crippen LogP) is 3.26. The summed E-state index contributed by atoms with van der Waals surface area (Å²) in [7, 11) is 3.54. The average molecular weight is 335 g/mol. The monoisotopic (exact) mass is 335 g/mol. The second kappa shape index (κ2) is 7.21. The standard InChI is InChI=1S/C20H21N3O2/c1-14-6-4-8-16(12-14)20(24)22-18(19-21-10-11-23(19)2)15-7-5-9-17(13-15)25-3/h4-13,18H,1-3H3,(H,22,24). The number of imidazole rings is 1. The van der Waals surface area contributed by atoms with Crippen molar-refractivity contribution in [3.63, 3.8) is 0 Å². The number of carbonyl (C=O) groups is 1. The summed E-state index contributed by atoms with van der Waals surface area (Å²) < 4.78 is 7.22. The number of methoxy groups -OCH3 is 1. The molecular formula is C20H21N3O2. The van der Waals surface area contributed by atoms with Crippen LogP contribution in [0.3, 0.4) is 0 Å². The van der Waals surface area contributed by atoms with Gasteiger partial charge in [-0.05, 0) is 36.8 Å². The van der Waals surface area contributed by atoms with Gasteiger partial charge in [-0.15, -0.1) is 0 Å². The van der Waals surface area contributed by atoms with E-state index in [1.54, 1.807) is 13.3 Å². The summed E-state index contributed by atoms with van der Waals surface area (Å²) >= 11 is 0. The molecule has 3 rings (SSSR count). The molecule has 0 aliphatic carbocycles. The molecule has 1 amide bonds. The van der Waals surface area contributed by atoms with Crippen molar-refractivity contribution >= 4 is 5.91 Å². The Labute approximate surface area is 147 Å². The first-order valence-electron chi connectivity index (χ1n) is 8.07. The highest BCUT2D eigenvalue weighted by Gasteiger charge is 2.22. The zero-order valence-electron chi connectivity index (χ0n) is 14.6. The van der Waals surface area contributed by atoms with Crippen LogP contribution in [0.2, 0.25) is 0 Å². The lowest BCUT2D eigenvalue weighted by atomic mass is 10.0. The SMILES string of the molecule is COc1cccc(C(NC(=O)c2cccc(C)c2)c2nccn2C)c1. The van der Waals surface area contributed by atoms with Gasteiger partial charge in [-0.3, -0.25) is 4.79 Å². The Balaban J connectivity index is 1.97. The number of rotatable bonds is 5. The minimum Gasteiger partial charge on any atom is -0.497 e. The van der Waals surface area contributed by atoms with Gasteiger partial charge in [0.05, 0.1) is 7.11 Å². The average Bonchev–Trinajstić information content (AvgIpc) is 3.05. The Hall–Kier alpha value is -3.08. The Morgan fingerprint density at radius 3 is 2.68 bits per heavy atom. The molecule has 0 saturated carbocycles. The zero-order valence-corrected chi connectivity index (χ0v) is 14.6. The van der Waals surface area contributed by atoms with Gasteiger partial charge >= 0.3 is 0 Å². The smallest absolute Gasteiger partial charge is 0.252 e. The maximum absolute atomic E-state index is 12.8. The van der Waals surface area contributed by atoms with Gasteiger partial charge in [-0.1, -0.05) is 29.8 Å². The van der Waals surface area contributed by atoms with Gasteiger partial charge in [0.1, 0.15) is 17.6 Å². The molecule has 3 aromatic rings. The summed E-state index contributed by atoms with van der Waals surface area (Å²) in [6, 6.07) is 14.8. The molecule has 0 saturated heterocycles. The van der Waals surface area contributed by atoms with Gasteiger partial charge in [-0.25, -0.2) is 4.98 Å². The topological polar surface area (TPSA) is 56.1 Å². The summed E-state index contributed by atoms with van der Waals surface area (Å²) in [5.74, 6) is 1.36. The minimum atomic E-state index is -0.372. The quantitative estimate of drug-likeness (QED) is 0.779. The third-order valence-electron chi connectivity index (χ3n) is 4.10. The van der Waals surface area contributed by atoms with Crippen molar-refractivity contribution in [1.82, 2.24) is 14.9 Å². The van der Waals surface area contributed by atoms with Crippen LogP contribution in [0.25, 0.3) is 0 Å². The molecule has 0 fully saturated rings. The van der Waals surface area contributed by atoms with Gasteiger partial charge in [0.15, 0.2) is 0 Å². The van der Waals surface area contributed by atoms with Crippen LogP contribution in [0.15, 0.2) is 60.9 Å². The first-order chi connectivity index (χ1) is 12.1. The number of ether oxygens (including phenoxy) is 1. The van der Waals surface area contributed by atoms with Crippen molar-refractivity contribution in [3.8, 4) is 5.75 Å². The third-order valence-corrected chi connectivity index (χ3v) is 4.10. The van der Waals surface area contributed by atoms with Gasteiger partial charge < -0.3 is 14.6 Å². The molecule has 0 bridgehead atoms. The van der Waals surface area contributed by atoms with Crippen LogP contribution in [-0.2, 0) is 7.05 Å². The molecule has 1 unspecified atom stereocenters. The molecule has 1 atom stereocenters. The van der Waals surface area contributed by atoms with E-state index in [2.05, 4.69) is 10.3 Å². The van der Waals surface area contributed by atoms with Crippen LogP contribution >= 0.6 is 0 Å². The molecule has 1 heterocycles. The normalized spacial score (nSPS) is 11.8. The molecule has 1 aromatic heterocycles. The Bertz CT molecular complexity index is 886. The Kier molecular flexibility index (Phi) is 4.84. The zero-order chi connectivity index (χ0) is 17.8. The van der Waals surface area contributed by atoms with Crippen LogP contribution in [0, 0.1) is 6.92 Å². The van der Waals surface area contributed by atoms with E-state index < -0.39 is 0 Å². The molecule has 1 N–H and O–H groups in total. The first kappa shape index (κ1) is 16.8. The van der Waals surface area contributed by atoms with Crippen molar-refractivity contribution in [1.29, 1.82) is 0 Å². The van der Waals surface area contributed by atoms with E-state index in [1.165, 1.54) is 0 Å². The highest BCUT2D eigenvalue weighted by atomic mass is 16.5. The number of carbonyl (C=O) groups excluding carboxylic acids is 1. The second-order valence-corrected chi connectivity index (χ2v) is 5.95. The Morgan fingerprint density at radius 2 is 2.00 bits per heavy atom. The van der Waals surface area contributed by atoms with Crippen LogP contribution in [0.1, 0.15) is 33.4 Å². The fourth-order valence-corrected chi connectivity index (χ4v) is 2.77. The van der Waals surface area contributed by atoms with E-state index >= 15 is 0 Å². The van der Waals surface area contributed by atoms with Crippen molar-refractivity contribution in [2.45, 2.75) is 13.0 Å². The van der Waals surface area contributed by atoms with Gasteiger partial charge in [0, 0.05) is 25.0 Å². The number of amides is 1. The van der Waals surface area contributed by atoms with Crippen LogP contribution < -0.4 is 10.1 Å². The van der Waals surface area contributed by atoms with E-state index in [4.69, 9.17) is 4.74 Å². The van der Waals surface area contributed by atoms with Crippen LogP contribution in [0.5, 0.6) is 5.75 Å². The molecule has 0 aliphatic heterocycles. The van der Waals surface area contributed by atoms with Gasteiger partial charge in [-0.2, -0.15) is 0 Å². The van der Waals surface area contributed by atoms with E-state index in [0.29, 0.717) is 5.56 Å². The van der Waals surface area contributed by atoms with Crippen molar-refractivity contribution in [2.75, 3.05) is 7.11 Å². The molecule has 5 nitrogen and oxygen atoms in total. The van der Waals surface area contributed by atoms with Gasteiger partial charge in [0.25, 0.3) is 5.91 Å². The number of aromatic nitrogens is 2. The minimum absolute atomic E-state index is 0.139.